The second-order valence-corrected chi connectivity index (χ2v) is 8.47. The monoisotopic (exact) mass is 521 g/mol. The van der Waals surface area contributed by atoms with Gasteiger partial charge < -0.3 is 19.3 Å². The molecule has 10 heteroatoms. The van der Waals surface area contributed by atoms with E-state index in [0.29, 0.717) is 31.1 Å². The van der Waals surface area contributed by atoms with Gasteiger partial charge in [-0.1, -0.05) is 21.1 Å². The van der Waals surface area contributed by atoms with Gasteiger partial charge in [0.05, 0.1) is 18.8 Å². The molecular weight excluding hydrogens is 500 g/mol. The summed E-state index contributed by atoms with van der Waals surface area (Å²) in [6.45, 7) is 5.05. The molecule has 1 aliphatic rings. The van der Waals surface area contributed by atoms with Gasteiger partial charge in [-0.2, -0.15) is 0 Å². The molecule has 0 radical (unpaired) electrons. The molecule has 174 valence electrons. The zero-order valence-electron chi connectivity index (χ0n) is 17.9. The van der Waals surface area contributed by atoms with Crippen LogP contribution < -0.4 is 10.1 Å². The molecule has 3 aromatic rings. The molecule has 2 heterocycles. The number of hydrogen-bond donors (Lipinski definition) is 1. The number of rotatable bonds is 7. The number of nitrogens with one attached hydrogen (secondary N) is 1. The van der Waals surface area contributed by atoms with Crippen LogP contribution in [-0.4, -0.2) is 42.3 Å². The summed E-state index contributed by atoms with van der Waals surface area (Å²) in [6.07, 6.45) is 1.34. The number of morpholine rings is 1. The second-order valence-electron chi connectivity index (χ2n) is 7.62. The molecular formula is C23H22BrF2N3O4. The Balaban J connectivity index is 1.62. The maximum atomic E-state index is 14.1. The van der Waals surface area contributed by atoms with Gasteiger partial charge in [0.2, 0.25) is 0 Å². The first kappa shape index (κ1) is 23.3. The van der Waals surface area contributed by atoms with Crippen molar-refractivity contribution in [2.75, 3.05) is 31.6 Å². The highest BCUT2D eigenvalue weighted by Gasteiger charge is 2.20. The van der Waals surface area contributed by atoms with E-state index in [1.54, 1.807) is 19.1 Å². The van der Waals surface area contributed by atoms with E-state index in [-0.39, 0.29) is 23.5 Å². The van der Waals surface area contributed by atoms with Crippen LogP contribution in [0.5, 0.6) is 5.75 Å². The molecule has 0 saturated carbocycles. The average molecular weight is 522 g/mol. The van der Waals surface area contributed by atoms with E-state index in [2.05, 4.69) is 31.3 Å². The topological polar surface area (TPSA) is 76.8 Å². The number of hydrogen-bond acceptors (Lipinski definition) is 6. The zero-order chi connectivity index (χ0) is 23.4. The number of halogens is 3. The number of aromatic nitrogens is 1. The Morgan fingerprint density at radius 1 is 1.21 bits per heavy atom. The highest BCUT2D eigenvalue weighted by atomic mass is 79.9. The Kier molecular flexibility index (Phi) is 7.36. The lowest BCUT2D eigenvalue weighted by Gasteiger charge is -2.27. The second kappa shape index (κ2) is 10.4. The van der Waals surface area contributed by atoms with Crippen molar-refractivity contribution < 1.29 is 27.6 Å². The lowest BCUT2D eigenvalue weighted by Crippen LogP contribution is -2.35. The van der Waals surface area contributed by atoms with Crippen LogP contribution in [0.2, 0.25) is 0 Å². The van der Waals surface area contributed by atoms with E-state index < -0.39 is 17.5 Å². The maximum Gasteiger partial charge on any atom is 0.259 e. The minimum absolute atomic E-state index is 0.169. The lowest BCUT2D eigenvalue weighted by atomic mass is 10.1. The van der Waals surface area contributed by atoms with E-state index in [1.165, 1.54) is 12.3 Å². The molecule has 0 spiro atoms. The van der Waals surface area contributed by atoms with E-state index in [9.17, 15) is 13.6 Å². The van der Waals surface area contributed by atoms with Crippen LogP contribution >= 0.6 is 15.9 Å². The standard InChI is InChI=1S/C23H22BrF2N3O4/c1-14-21(13-33-28-14)27-23(30)18-10-19(24)16(11-29-4-6-31-7-5-29)8-22(18)32-12-15-2-3-17(25)9-20(15)26/h2-3,8-10,13H,4-7,11-12H2,1H3,(H,27,30). The molecule has 0 unspecified atom stereocenters. The summed E-state index contributed by atoms with van der Waals surface area (Å²) in [4.78, 5) is 15.3. The van der Waals surface area contributed by atoms with Crippen molar-refractivity contribution in [3.05, 3.63) is 75.1 Å². The summed E-state index contributed by atoms with van der Waals surface area (Å²) >= 11 is 3.56. The van der Waals surface area contributed by atoms with Crippen molar-refractivity contribution in [2.45, 2.75) is 20.1 Å². The largest absolute Gasteiger partial charge is 0.488 e. The van der Waals surface area contributed by atoms with Crippen LogP contribution in [0, 0.1) is 18.6 Å². The van der Waals surface area contributed by atoms with Crippen LogP contribution in [0.1, 0.15) is 27.2 Å². The van der Waals surface area contributed by atoms with Crippen LogP contribution in [0.25, 0.3) is 0 Å². The van der Waals surface area contributed by atoms with Crippen molar-refractivity contribution in [1.82, 2.24) is 10.1 Å². The maximum absolute atomic E-state index is 14.1. The van der Waals surface area contributed by atoms with Gasteiger partial charge >= 0.3 is 0 Å². The first-order chi connectivity index (χ1) is 15.9. The molecule has 4 rings (SSSR count). The SMILES string of the molecule is Cc1nocc1NC(=O)c1cc(Br)c(CN2CCOCC2)cc1OCc1ccc(F)cc1F. The minimum atomic E-state index is -0.716. The molecule has 1 fully saturated rings. The number of carbonyl (C=O) groups excluding carboxylic acids is 1. The third-order valence-electron chi connectivity index (χ3n) is 5.29. The zero-order valence-corrected chi connectivity index (χ0v) is 19.5. The Morgan fingerprint density at radius 3 is 2.70 bits per heavy atom. The summed E-state index contributed by atoms with van der Waals surface area (Å²) in [7, 11) is 0. The number of aryl methyl sites for hydroxylation is 1. The third kappa shape index (κ3) is 5.76. The highest BCUT2D eigenvalue weighted by molar-refractivity contribution is 9.10. The molecule has 1 saturated heterocycles. The Labute approximate surface area is 197 Å². The van der Waals surface area contributed by atoms with E-state index in [0.717, 1.165) is 35.3 Å². The first-order valence-corrected chi connectivity index (χ1v) is 11.1. The van der Waals surface area contributed by atoms with Crippen molar-refractivity contribution in [1.29, 1.82) is 0 Å². The predicted octanol–water partition coefficient (Wildman–Crippen LogP) is 4.69. The quantitative estimate of drug-likeness (QED) is 0.486. The summed E-state index contributed by atoms with van der Waals surface area (Å²) in [5.41, 5.74) is 2.29. The Hall–Kier alpha value is -2.82. The summed E-state index contributed by atoms with van der Waals surface area (Å²) in [6, 6.07) is 6.71. The van der Waals surface area contributed by atoms with Gasteiger partial charge in [0, 0.05) is 35.7 Å². The van der Waals surface area contributed by atoms with Gasteiger partial charge in [-0.05, 0) is 36.8 Å². The molecule has 1 N–H and O–H groups in total. The smallest absolute Gasteiger partial charge is 0.259 e. The molecule has 1 aliphatic heterocycles. The average Bonchev–Trinajstić information content (AvgIpc) is 3.19. The third-order valence-corrected chi connectivity index (χ3v) is 6.03. The normalized spacial score (nSPS) is 14.3. The molecule has 2 aromatic carbocycles. The molecule has 1 aromatic heterocycles. The van der Waals surface area contributed by atoms with Crippen molar-refractivity contribution in [3.8, 4) is 5.75 Å². The number of anilines is 1. The molecule has 1 amide bonds. The van der Waals surface area contributed by atoms with Gasteiger partial charge in [0.25, 0.3) is 5.91 Å². The van der Waals surface area contributed by atoms with E-state index in [4.69, 9.17) is 14.0 Å². The molecule has 7 nitrogen and oxygen atoms in total. The van der Waals surface area contributed by atoms with Gasteiger partial charge in [-0.15, -0.1) is 0 Å². The summed E-state index contributed by atoms with van der Waals surface area (Å²) < 4.78 is 44.3. The van der Waals surface area contributed by atoms with Gasteiger partial charge in [-0.25, -0.2) is 8.78 Å². The van der Waals surface area contributed by atoms with Crippen LogP contribution in [0.3, 0.4) is 0 Å². The van der Waals surface area contributed by atoms with Gasteiger partial charge in [-0.3, -0.25) is 9.69 Å². The van der Waals surface area contributed by atoms with Crippen molar-refractivity contribution in [3.63, 3.8) is 0 Å². The Bertz CT molecular complexity index is 1150. The number of nitrogens with zero attached hydrogens (tertiary/aromatic N) is 2. The number of benzene rings is 2. The van der Waals surface area contributed by atoms with E-state index >= 15 is 0 Å². The van der Waals surface area contributed by atoms with Crippen LogP contribution in [-0.2, 0) is 17.9 Å². The van der Waals surface area contributed by atoms with Crippen LogP contribution in [0.4, 0.5) is 14.5 Å². The van der Waals surface area contributed by atoms with Gasteiger partial charge in [0.15, 0.2) is 0 Å². The molecule has 33 heavy (non-hydrogen) atoms. The first-order valence-electron chi connectivity index (χ1n) is 10.3. The fourth-order valence-electron chi connectivity index (χ4n) is 3.41. The molecule has 0 bridgehead atoms. The van der Waals surface area contributed by atoms with Crippen LogP contribution in [0.15, 0.2) is 45.6 Å². The number of amides is 1. The van der Waals surface area contributed by atoms with Gasteiger partial charge in [0.1, 0.15) is 41.6 Å². The lowest BCUT2D eigenvalue weighted by molar-refractivity contribution is 0.0340. The summed E-state index contributed by atoms with van der Waals surface area (Å²) in [5.74, 6) is -1.55. The fourth-order valence-corrected chi connectivity index (χ4v) is 3.88. The fraction of sp³-hybridized carbons (Fsp3) is 0.304. The van der Waals surface area contributed by atoms with Crippen molar-refractivity contribution >= 4 is 27.5 Å². The minimum Gasteiger partial charge on any atom is -0.488 e. The van der Waals surface area contributed by atoms with Crippen molar-refractivity contribution in [2.24, 2.45) is 0 Å². The molecule has 0 aliphatic carbocycles. The van der Waals surface area contributed by atoms with E-state index in [1.807, 2.05) is 0 Å². The number of ether oxygens (including phenoxy) is 2. The summed E-state index contributed by atoms with van der Waals surface area (Å²) in [5, 5.41) is 6.50. The molecule has 0 atom stereocenters. The Morgan fingerprint density at radius 2 is 2.00 bits per heavy atom. The predicted molar refractivity (Wildman–Crippen MR) is 120 cm³/mol. The highest BCUT2D eigenvalue weighted by Crippen LogP contribution is 2.31. The number of carbonyl (C=O) groups is 1.